The molecule has 3 amide bonds. The fourth-order valence-electron chi connectivity index (χ4n) is 2.48. The summed E-state index contributed by atoms with van der Waals surface area (Å²) >= 11 is 0. The van der Waals surface area contributed by atoms with Gasteiger partial charge >= 0.3 is 6.03 Å². The van der Waals surface area contributed by atoms with Gasteiger partial charge in [-0.25, -0.2) is 9.78 Å². The third-order valence-corrected chi connectivity index (χ3v) is 3.77. The van der Waals surface area contributed by atoms with Crippen molar-refractivity contribution in [3.05, 3.63) is 48.5 Å². The highest BCUT2D eigenvalue weighted by Crippen LogP contribution is 2.27. The number of ether oxygens (including phenoxy) is 2. The van der Waals surface area contributed by atoms with Gasteiger partial charge < -0.3 is 9.47 Å². The van der Waals surface area contributed by atoms with Gasteiger partial charge in [0.05, 0.1) is 17.6 Å². The van der Waals surface area contributed by atoms with E-state index in [1.54, 1.807) is 48.3 Å². The summed E-state index contributed by atoms with van der Waals surface area (Å²) < 4.78 is 12.3. The molecule has 2 N–H and O–H groups in total. The SMILES string of the molecule is COCC(=O)NC(=O)Nc1ccc(Oc2ccnc(-c3cnn(C)c3)c2)c(C)n1. The maximum absolute atomic E-state index is 11.8. The highest BCUT2D eigenvalue weighted by atomic mass is 16.5. The van der Waals surface area contributed by atoms with Crippen molar-refractivity contribution in [2.24, 2.45) is 7.05 Å². The molecular formula is C19H20N6O4. The maximum Gasteiger partial charge on any atom is 0.327 e. The van der Waals surface area contributed by atoms with Crippen molar-refractivity contribution < 1.29 is 19.1 Å². The number of methoxy groups -OCH3 is 1. The monoisotopic (exact) mass is 396 g/mol. The number of hydrogen-bond acceptors (Lipinski definition) is 7. The molecule has 0 unspecified atom stereocenters. The number of nitrogens with one attached hydrogen (secondary N) is 2. The van der Waals surface area contributed by atoms with Gasteiger partial charge in [-0.3, -0.25) is 25.1 Å². The molecule has 3 aromatic heterocycles. The number of amides is 3. The molecule has 0 fully saturated rings. The normalized spacial score (nSPS) is 10.4. The second-order valence-electron chi connectivity index (χ2n) is 6.10. The van der Waals surface area contributed by atoms with Crippen LogP contribution in [-0.2, 0) is 16.6 Å². The fourth-order valence-corrected chi connectivity index (χ4v) is 2.48. The molecule has 29 heavy (non-hydrogen) atoms. The summed E-state index contributed by atoms with van der Waals surface area (Å²) in [5.74, 6) is 0.842. The summed E-state index contributed by atoms with van der Waals surface area (Å²) in [7, 11) is 3.20. The first-order valence-corrected chi connectivity index (χ1v) is 8.65. The minimum atomic E-state index is -0.692. The molecule has 10 nitrogen and oxygen atoms in total. The number of aryl methyl sites for hydroxylation is 2. The Morgan fingerprint density at radius 3 is 2.76 bits per heavy atom. The van der Waals surface area contributed by atoms with Crippen LogP contribution in [0.2, 0.25) is 0 Å². The lowest BCUT2D eigenvalue weighted by atomic mass is 10.2. The van der Waals surface area contributed by atoms with Gasteiger partial charge in [0.15, 0.2) is 0 Å². The lowest BCUT2D eigenvalue weighted by Crippen LogP contribution is -2.36. The Morgan fingerprint density at radius 1 is 1.24 bits per heavy atom. The summed E-state index contributed by atoms with van der Waals surface area (Å²) in [6, 6.07) is 6.10. The van der Waals surface area contributed by atoms with E-state index in [2.05, 4.69) is 30.4 Å². The molecule has 0 spiro atoms. The molecule has 10 heteroatoms. The minimum Gasteiger partial charge on any atom is -0.455 e. The molecular weight excluding hydrogens is 376 g/mol. The number of carbonyl (C=O) groups excluding carboxylic acids is 2. The molecule has 0 aliphatic rings. The smallest absolute Gasteiger partial charge is 0.327 e. The Labute approximate surface area is 166 Å². The van der Waals surface area contributed by atoms with Crippen LogP contribution >= 0.6 is 0 Å². The van der Waals surface area contributed by atoms with Crippen LogP contribution in [0.3, 0.4) is 0 Å². The summed E-state index contributed by atoms with van der Waals surface area (Å²) in [5.41, 5.74) is 2.17. The third kappa shape index (κ3) is 5.36. The molecule has 0 saturated carbocycles. The van der Waals surface area contributed by atoms with E-state index < -0.39 is 11.9 Å². The van der Waals surface area contributed by atoms with Crippen LogP contribution in [0.5, 0.6) is 11.5 Å². The summed E-state index contributed by atoms with van der Waals surface area (Å²) in [5, 5.41) is 8.75. The predicted octanol–water partition coefficient (Wildman–Crippen LogP) is 2.27. The zero-order chi connectivity index (χ0) is 20.8. The number of imide groups is 1. The van der Waals surface area contributed by atoms with E-state index in [1.807, 2.05) is 13.2 Å². The molecule has 3 aromatic rings. The average Bonchev–Trinajstić information content (AvgIpc) is 3.11. The van der Waals surface area contributed by atoms with Crippen LogP contribution in [0.4, 0.5) is 10.6 Å². The molecule has 3 heterocycles. The maximum atomic E-state index is 11.8. The van der Waals surface area contributed by atoms with E-state index in [0.29, 0.717) is 17.2 Å². The quantitative estimate of drug-likeness (QED) is 0.656. The Hall–Kier alpha value is -3.79. The molecule has 0 radical (unpaired) electrons. The van der Waals surface area contributed by atoms with E-state index in [-0.39, 0.29) is 12.4 Å². The summed E-state index contributed by atoms with van der Waals surface area (Å²) in [4.78, 5) is 31.7. The van der Waals surface area contributed by atoms with Crippen molar-refractivity contribution >= 4 is 17.8 Å². The summed E-state index contributed by atoms with van der Waals surface area (Å²) in [6.45, 7) is 1.54. The van der Waals surface area contributed by atoms with Crippen LogP contribution in [0.25, 0.3) is 11.3 Å². The first kappa shape index (κ1) is 20.0. The average molecular weight is 396 g/mol. The van der Waals surface area contributed by atoms with Crippen molar-refractivity contribution in [3.63, 3.8) is 0 Å². The van der Waals surface area contributed by atoms with E-state index in [9.17, 15) is 9.59 Å². The van der Waals surface area contributed by atoms with Gasteiger partial charge in [0.2, 0.25) is 0 Å². The number of urea groups is 1. The Morgan fingerprint density at radius 2 is 2.07 bits per heavy atom. The standard InChI is InChI=1S/C19H20N6O4/c1-12-16(4-5-17(22-12)23-19(27)24-18(26)11-28-3)29-14-6-7-20-15(8-14)13-9-21-25(2)10-13/h4-10H,11H2,1-3H3,(H2,22,23,24,26,27). The topological polar surface area (TPSA) is 120 Å². The molecule has 3 rings (SSSR count). The number of pyridine rings is 2. The minimum absolute atomic E-state index is 0.209. The second-order valence-corrected chi connectivity index (χ2v) is 6.10. The second kappa shape index (κ2) is 8.93. The van der Waals surface area contributed by atoms with Gasteiger partial charge in [-0.1, -0.05) is 0 Å². The highest BCUT2D eigenvalue weighted by Gasteiger charge is 2.11. The molecule has 0 aliphatic heterocycles. The van der Waals surface area contributed by atoms with Gasteiger partial charge in [0.1, 0.15) is 23.9 Å². The van der Waals surface area contributed by atoms with Crippen molar-refractivity contribution in [1.29, 1.82) is 0 Å². The first-order chi connectivity index (χ1) is 13.9. The van der Waals surface area contributed by atoms with Crippen LogP contribution in [0, 0.1) is 6.92 Å². The number of carbonyl (C=O) groups is 2. The molecule has 0 aliphatic carbocycles. The molecule has 0 bridgehead atoms. The van der Waals surface area contributed by atoms with Crippen molar-refractivity contribution in [2.75, 3.05) is 19.0 Å². The lowest BCUT2D eigenvalue weighted by Gasteiger charge is -2.11. The Balaban J connectivity index is 1.68. The van der Waals surface area contributed by atoms with Gasteiger partial charge in [0, 0.05) is 38.2 Å². The molecule has 0 saturated heterocycles. The molecule has 0 atom stereocenters. The lowest BCUT2D eigenvalue weighted by molar-refractivity contribution is -0.123. The number of rotatable bonds is 6. The van der Waals surface area contributed by atoms with Crippen LogP contribution in [0.1, 0.15) is 5.69 Å². The van der Waals surface area contributed by atoms with E-state index in [0.717, 1.165) is 11.3 Å². The van der Waals surface area contributed by atoms with Crippen LogP contribution in [-0.4, -0.2) is 45.4 Å². The van der Waals surface area contributed by atoms with E-state index in [1.165, 1.54) is 7.11 Å². The Bertz CT molecular complexity index is 1030. The van der Waals surface area contributed by atoms with Crippen molar-refractivity contribution in [2.45, 2.75) is 6.92 Å². The summed E-state index contributed by atoms with van der Waals surface area (Å²) in [6.07, 6.45) is 5.24. The van der Waals surface area contributed by atoms with E-state index >= 15 is 0 Å². The molecule has 150 valence electrons. The number of anilines is 1. The van der Waals surface area contributed by atoms with Gasteiger partial charge in [0.25, 0.3) is 5.91 Å². The van der Waals surface area contributed by atoms with Gasteiger partial charge in [-0.05, 0) is 25.1 Å². The van der Waals surface area contributed by atoms with E-state index in [4.69, 9.17) is 4.74 Å². The largest absolute Gasteiger partial charge is 0.455 e. The van der Waals surface area contributed by atoms with Gasteiger partial charge in [-0.15, -0.1) is 0 Å². The van der Waals surface area contributed by atoms with Crippen molar-refractivity contribution in [1.82, 2.24) is 25.1 Å². The Kier molecular flexibility index (Phi) is 6.15. The number of aromatic nitrogens is 4. The molecule has 0 aromatic carbocycles. The number of hydrogen-bond donors (Lipinski definition) is 2. The van der Waals surface area contributed by atoms with Crippen molar-refractivity contribution in [3.8, 4) is 22.8 Å². The third-order valence-electron chi connectivity index (χ3n) is 3.77. The zero-order valence-corrected chi connectivity index (χ0v) is 16.2. The van der Waals surface area contributed by atoms with Gasteiger partial charge in [-0.2, -0.15) is 5.10 Å². The highest BCUT2D eigenvalue weighted by molar-refractivity contribution is 6.01. The first-order valence-electron chi connectivity index (χ1n) is 8.65. The zero-order valence-electron chi connectivity index (χ0n) is 16.2. The van der Waals surface area contributed by atoms with Crippen LogP contribution < -0.4 is 15.4 Å². The van der Waals surface area contributed by atoms with Crippen LogP contribution in [0.15, 0.2) is 42.9 Å². The number of nitrogens with zero attached hydrogens (tertiary/aromatic N) is 4. The fraction of sp³-hybridized carbons (Fsp3) is 0.211. The predicted molar refractivity (Wildman–Crippen MR) is 105 cm³/mol.